The zero-order valence-electron chi connectivity index (χ0n) is 10.9. The molecule has 3 nitrogen and oxygen atoms in total. The molecule has 1 fully saturated rings. The standard InChI is InChI=1S/C14H18ClN3/c1-10-3-5-12(6-4-10)18(2)14-13(15)11(9-16)7-8-17-14/h7-8,10,12H,3-6H2,1-2H3. The van der Waals surface area contributed by atoms with E-state index in [2.05, 4.69) is 22.9 Å². The van der Waals surface area contributed by atoms with Crippen molar-refractivity contribution in [3.8, 4) is 6.07 Å². The van der Waals surface area contributed by atoms with Gasteiger partial charge in [0.15, 0.2) is 0 Å². The van der Waals surface area contributed by atoms with Crippen molar-refractivity contribution in [1.29, 1.82) is 5.26 Å². The molecule has 0 amide bonds. The Hall–Kier alpha value is -1.27. The van der Waals surface area contributed by atoms with E-state index in [4.69, 9.17) is 16.9 Å². The van der Waals surface area contributed by atoms with Gasteiger partial charge in [0, 0.05) is 19.3 Å². The van der Waals surface area contributed by atoms with Gasteiger partial charge in [-0.05, 0) is 37.7 Å². The van der Waals surface area contributed by atoms with E-state index in [0.29, 0.717) is 16.6 Å². The molecule has 1 aromatic heterocycles. The second-order valence-electron chi connectivity index (χ2n) is 5.13. The number of pyridine rings is 1. The monoisotopic (exact) mass is 263 g/mol. The third-order valence-corrected chi connectivity index (χ3v) is 4.23. The van der Waals surface area contributed by atoms with Crippen molar-refractivity contribution in [2.75, 3.05) is 11.9 Å². The van der Waals surface area contributed by atoms with Gasteiger partial charge in [-0.25, -0.2) is 4.98 Å². The van der Waals surface area contributed by atoms with Crippen molar-refractivity contribution >= 4 is 17.4 Å². The molecule has 4 heteroatoms. The molecule has 1 aromatic rings. The maximum Gasteiger partial charge on any atom is 0.148 e. The van der Waals surface area contributed by atoms with Gasteiger partial charge in [0.05, 0.1) is 5.56 Å². The third kappa shape index (κ3) is 2.59. The molecule has 1 aliphatic carbocycles. The van der Waals surface area contributed by atoms with Crippen LogP contribution < -0.4 is 4.90 Å². The van der Waals surface area contributed by atoms with Crippen molar-refractivity contribution in [2.24, 2.45) is 5.92 Å². The summed E-state index contributed by atoms with van der Waals surface area (Å²) in [4.78, 5) is 6.46. The Labute approximate surface area is 113 Å². The fourth-order valence-corrected chi connectivity index (χ4v) is 2.86. The van der Waals surface area contributed by atoms with Crippen molar-refractivity contribution in [1.82, 2.24) is 4.98 Å². The van der Waals surface area contributed by atoms with Crippen LogP contribution in [0.15, 0.2) is 12.3 Å². The van der Waals surface area contributed by atoms with Gasteiger partial charge in [-0.3, -0.25) is 0 Å². The van der Waals surface area contributed by atoms with Crippen LogP contribution in [0.3, 0.4) is 0 Å². The number of hydrogen-bond acceptors (Lipinski definition) is 3. The summed E-state index contributed by atoms with van der Waals surface area (Å²) in [6, 6.07) is 4.24. The number of aromatic nitrogens is 1. The first-order valence-electron chi connectivity index (χ1n) is 6.41. The molecule has 1 saturated carbocycles. The summed E-state index contributed by atoms with van der Waals surface area (Å²) < 4.78 is 0. The SMILES string of the molecule is CC1CCC(N(C)c2nccc(C#N)c2Cl)CC1. The van der Waals surface area contributed by atoms with Gasteiger partial charge in [0.25, 0.3) is 0 Å². The minimum Gasteiger partial charge on any atom is -0.355 e. The van der Waals surface area contributed by atoms with Crippen molar-refractivity contribution in [2.45, 2.75) is 38.6 Å². The van der Waals surface area contributed by atoms with E-state index >= 15 is 0 Å². The molecule has 0 aromatic carbocycles. The second kappa shape index (κ2) is 5.58. The molecular formula is C14H18ClN3. The van der Waals surface area contributed by atoms with Crippen LogP contribution in [0.5, 0.6) is 0 Å². The first kappa shape index (κ1) is 13.2. The minimum absolute atomic E-state index is 0.473. The maximum absolute atomic E-state index is 8.99. The summed E-state index contributed by atoms with van der Waals surface area (Å²) in [5, 5.41) is 9.46. The normalized spacial score (nSPS) is 23.4. The van der Waals surface area contributed by atoms with Crippen LogP contribution in [0, 0.1) is 17.2 Å². The first-order valence-corrected chi connectivity index (χ1v) is 6.78. The summed E-state index contributed by atoms with van der Waals surface area (Å²) in [5.74, 6) is 1.55. The van der Waals surface area contributed by atoms with Crippen LogP contribution in [-0.4, -0.2) is 18.1 Å². The van der Waals surface area contributed by atoms with Gasteiger partial charge in [-0.15, -0.1) is 0 Å². The molecule has 18 heavy (non-hydrogen) atoms. The molecule has 0 aliphatic heterocycles. The van der Waals surface area contributed by atoms with Crippen LogP contribution in [0.25, 0.3) is 0 Å². The fraction of sp³-hybridized carbons (Fsp3) is 0.571. The molecular weight excluding hydrogens is 246 g/mol. The van der Waals surface area contributed by atoms with Crippen LogP contribution in [0.4, 0.5) is 5.82 Å². The Balaban J connectivity index is 2.19. The lowest BCUT2D eigenvalue weighted by Gasteiger charge is -2.34. The lowest BCUT2D eigenvalue weighted by Crippen LogP contribution is -2.35. The molecule has 1 aliphatic rings. The Bertz CT molecular complexity index is 459. The summed E-state index contributed by atoms with van der Waals surface area (Å²) in [6.07, 6.45) is 6.51. The zero-order valence-corrected chi connectivity index (χ0v) is 11.6. The summed E-state index contributed by atoms with van der Waals surface area (Å²) >= 11 is 6.23. The number of rotatable bonds is 2. The topological polar surface area (TPSA) is 39.9 Å². The average molecular weight is 264 g/mol. The zero-order chi connectivity index (χ0) is 13.1. The number of halogens is 1. The Kier molecular flexibility index (Phi) is 4.08. The van der Waals surface area contributed by atoms with Crippen LogP contribution in [0.2, 0.25) is 5.02 Å². The van der Waals surface area contributed by atoms with Gasteiger partial charge >= 0.3 is 0 Å². The molecule has 96 valence electrons. The number of nitrogens with zero attached hydrogens (tertiary/aromatic N) is 3. The van der Waals surface area contributed by atoms with Crippen molar-refractivity contribution in [3.05, 3.63) is 22.8 Å². The van der Waals surface area contributed by atoms with E-state index in [1.54, 1.807) is 12.3 Å². The van der Waals surface area contributed by atoms with E-state index in [9.17, 15) is 0 Å². The molecule has 0 N–H and O–H groups in total. The van der Waals surface area contributed by atoms with Crippen molar-refractivity contribution < 1.29 is 0 Å². The Morgan fingerprint density at radius 1 is 1.39 bits per heavy atom. The van der Waals surface area contributed by atoms with E-state index in [-0.39, 0.29) is 0 Å². The van der Waals surface area contributed by atoms with Gasteiger partial charge in [-0.2, -0.15) is 5.26 Å². The van der Waals surface area contributed by atoms with E-state index in [0.717, 1.165) is 11.7 Å². The molecule has 0 bridgehead atoms. The van der Waals surface area contributed by atoms with Gasteiger partial charge in [0.1, 0.15) is 16.9 Å². The van der Waals surface area contributed by atoms with Gasteiger partial charge in [-0.1, -0.05) is 18.5 Å². The second-order valence-corrected chi connectivity index (χ2v) is 5.51. The predicted molar refractivity (Wildman–Crippen MR) is 73.8 cm³/mol. The maximum atomic E-state index is 8.99. The molecule has 1 heterocycles. The lowest BCUT2D eigenvalue weighted by molar-refractivity contribution is 0.340. The molecule has 2 rings (SSSR count). The highest BCUT2D eigenvalue weighted by Crippen LogP contribution is 2.32. The average Bonchev–Trinajstić information content (AvgIpc) is 2.39. The van der Waals surface area contributed by atoms with E-state index < -0.39 is 0 Å². The first-order chi connectivity index (χ1) is 8.63. The highest BCUT2D eigenvalue weighted by molar-refractivity contribution is 6.34. The van der Waals surface area contributed by atoms with E-state index in [1.807, 2.05) is 7.05 Å². The molecule has 0 radical (unpaired) electrons. The number of hydrogen-bond donors (Lipinski definition) is 0. The largest absolute Gasteiger partial charge is 0.355 e. The van der Waals surface area contributed by atoms with Crippen LogP contribution >= 0.6 is 11.6 Å². The Morgan fingerprint density at radius 2 is 2.06 bits per heavy atom. The fourth-order valence-electron chi connectivity index (χ4n) is 2.57. The smallest absolute Gasteiger partial charge is 0.148 e. The number of anilines is 1. The molecule has 0 unspecified atom stereocenters. The molecule has 0 spiro atoms. The Morgan fingerprint density at radius 3 is 2.67 bits per heavy atom. The van der Waals surface area contributed by atoms with Crippen LogP contribution in [0.1, 0.15) is 38.2 Å². The molecule has 0 saturated heterocycles. The predicted octanol–water partition coefficient (Wildman–Crippen LogP) is 3.62. The highest BCUT2D eigenvalue weighted by atomic mass is 35.5. The van der Waals surface area contributed by atoms with Gasteiger partial charge in [0.2, 0.25) is 0 Å². The highest BCUT2D eigenvalue weighted by Gasteiger charge is 2.24. The third-order valence-electron chi connectivity index (χ3n) is 3.86. The van der Waals surface area contributed by atoms with Gasteiger partial charge < -0.3 is 4.90 Å². The van der Waals surface area contributed by atoms with E-state index in [1.165, 1.54) is 25.7 Å². The minimum atomic E-state index is 0.473. The summed E-state index contributed by atoms with van der Waals surface area (Å²) in [7, 11) is 2.02. The summed E-state index contributed by atoms with van der Waals surface area (Å²) in [5.41, 5.74) is 0.498. The quantitative estimate of drug-likeness (QED) is 0.818. The van der Waals surface area contributed by atoms with Crippen LogP contribution in [-0.2, 0) is 0 Å². The summed E-state index contributed by atoms with van der Waals surface area (Å²) in [6.45, 7) is 2.30. The number of nitriles is 1. The van der Waals surface area contributed by atoms with Crippen molar-refractivity contribution in [3.63, 3.8) is 0 Å². The molecule has 0 atom stereocenters. The lowest BCUT2D eigenvalue weighted by atomic mass is 9.87.